The van der Waals surface area contributed by atoms with E-state index < -0.39 is 5.41 Å². The van der Waals surface area contributed by atoms with Crippen LogP contribution in [0.15, 0.2) is 24.3 Å². The summed E-state index contributed by atoms with van der Waals surface area (Å²) >= 11 is 0. The van der Waals surface area contributed by atoms with Gasteiger partial charge in [0.25, 0.3) is 0 Å². The molecule has 0 heterocycles. The molecular weight excluding hydrogens is 200 g/mol. The van der Waals surface area contributed by atoms with Crippen LogP contribution < -0.4 is 0 Å². The van der Waals surface area contributed by atoms with E-state index in [0.29, 0.717) is 13.0 Å². The third-order valence-corrected chi connectivity index (χ3v) is 2.70. The molecule has 1 rings (SSSR count). The van der Waals surface area contributed by atoms with Gasteiger partial charge in [-0.15, -0.1) is 0 Å². The molecule has 0 N–H and O–H groups in total. The Morgan fingerprint density at radius 3 is 2.31 bits per heavy atom. The van der Waals surface area contributed by atoms with Crippen LogP contribution in [0.3, 0.4) is 0 Å². The van der Waals surface area contributed by atoms with Gasteiger partial charge < -0.3 is 4.74 Å². The van der Waals surface area contributed by atoms with Crippen LogP contribution in [0.2, 0.25) is 0 Å². The molecule has 0 radical (unpaired) electrons. The van der Waals surface area contributed by atoms with Gasteiger partial charge in [0.2, 0.25) is 0 Å². The van der Waals surface area contributed by atoms with Crippen molar-refractivity contribution in [3.8, 4) is 0 Å². The van der Waals surface area contributed by atoms with Crippen LogP contribution in [0.25, 0.3) is 0 Å². The van der Waals surface area contributed by atoms with E-state index >= 15 is 0 Å². The molecule has 90 valence electrons. The van der Waals surface area contributed by atoms with Crippen molar-refractivity contribution in [2.24, 2.45) is 10.8 Å². The minimum Gasteiger partial charge on any atom is -0.383 e. The Labute approximate surface area is 98.4 Å². The summed E-state index contributed by atoms with van der Waals surface area (Å²) in [6.45, 7) is 6.69. The second kappa shape index (κ2) is 4.96. The average molecular weight is 222 g/mol. The van der Waals surface area contributed by atoms with Crippen LogP contribution in [0.5, 0.6) is 0 Å². The van der Waals surface area contributed by atoms with Gasteiger partial charge in [-0.2, -0.15) is 0 Å². The number of Topliss-reactive ketones (excluding diaryl/α,β-unsaturated/α-hetero) is 1. The topological polar surface area (TPSA) is 26.3 Å². The summed E-state index contributed by atoms with van der Waals surface area (Å²) < 4.78 is 5.20. The minimum absolute atomic E-state index is 0.0248. The number of ketones is 1. The van der Waals surface area contributed by atoms with Crippen molar-refractivity contribution in [3.05, 3.63) is 24.3 Å². The Morgan fingerprint density at radius 2 is 1.88 bits per heavy atom. The molecule has 0 aromatic heterocycles. The van der Waals surface area contributed by atoms with Gasteiger partial charge >= 0.3 is 0 Å². The lowest BCUT2D eigenvalue weighted by atomic mass is 9.75. The largest absolute Gasteiger partial charge is 0.383 e. The van der Waals surface area contributed by atoms with Crippen molar-refractivity contribution in [2.75, 3.05) is 13.7 Å². The molecule has 1 aliphatic carbocycles. The highest BCUT2D eigenvalue weighted by Crippen LogP contribution is 2.32. The lowest BCUT2D eigenvalue weighted by Crippen LogP contribution is -2.35. The predicted octanol–water partition coefficient (Wildman–Crippen LogP) is 3.14. The number of carbonyl (C=O) groups excluding carboxylic acids is 1. The molecule has 0 saturated heterocycles. The molecule has 0 aliphatic heterocycles. The molecule has 0 fully saturated rings. The highest BCUT2D eigenvalue weighted by Gasteiger charge is 2.35. The summed E-state index contributed by atoms with van der Waals surface area (Å²) in [6, 6.07) is 0. The Kier molecular flexibility index (Phi) is 4.09. The lowest BCUT2D eigenvalue weighted by molar-refractivity contribution is -0.128. The van der Waals surface area contributed by atoms with Gasteiger partial charge in [-0.05, 0) is 11.8 Å². The van der Waals surface area contributed by atoms with Crippen LogP contribution in [0.4, 0.5) is 0 Å². The SMILES string of the molecule is COCC1(C(=O)CC(C)(C)C)C=CCC=C1. The second-order valence-corrected chi connectivity index (χ2v) is 5.67. The van der Waals surface area contributed by atoms with E-state index in [1.165, 1.54) is 0 Å². The molecule has 0 aromatic carbocycles. The maximum Gasteiger partial charge on any atom is 0.149 e. The first-order chi connectivity index (χ1) is 7.40. The van der Waals surface area contributed by atoms with Crippen molar-refractivity contribution in [2.45, 2.75) is 33.6 Å². The average Bonchev–Trinajstić information content (AvgIpc) is 2.17. The van der Waals surface area contributed by atoms with Gasteiger partial charge in [0.15, 0.2) is 0 Å². The predicted molar refractivity (Wildman–Crippen MR) is 66.3 cm³/mol. The standard InChI is InChI=1S/C14H22O2/c1-13(2,3)10-12(15)14(11-16-4)8-6-5-7-9-14/h6-9H,5,10-11H2,1-4H3. The molecule has 0 amide bonds. The summed E-state index contributed by atoms with van der Waals surface area (Å²) in [5, 5.41) is 0. The maximum atomic E-state index is 12.3. The van der Waals surface area contributed by atoms with Crippen LogP contribution in [-0.2, 0) is 9.53 Å². The number of carbonyl (C=O) groups is 1. The highest BCUT2D eigenvalue weighted by atomic mass is 16.5. The zero-order valence-electron chi connectivity index (χ0n) is 10.7. The van der Waals surface area contributed by atoms with Crippen LogP contribution in [-0.4, -0.2) is 19.5 Å². The fourth-order valence-corrected chi connectivity index (χ4v) is 1.94. The van der Waals surface area contributed by atoms with Crippen molar-refractivity contribution in [3.63, 3.8) is 0 Å². The zero-order chi connectivity index (χ0) is 12.2. The summed E-state index contributed by atoms with van der Waals surface area (Å²) in [6.07, 6.45) is 9.55. The molecule has 16 heavy (non-hydrogen) atoms. The molecule has 0 aromatic rings. The molecule has 2 heteroatoms. The Hall–Kier alpha value is -0.890. The number of hydrogen-bond acceptors (Lipinski definition) is 2. The molecule has 0 atom stereocenters. The number of rotatable bonds is 4. The van der Waals surface area contributed by atoms with E-state index in [4.69, 9.17) is 4.74 Å². The van der Waals surface area contributed by atoms with Crippen molar-refractivity contribution < 1.29 is 9.53 Å². The molecule has 0 spiro atoms. The van der Waals surface area contributed by atoms with Gasteiger partial charge in [0, 0.05) is 13.5 Å². The van der Waals surface area contributed by atoms with Gasteiger partial charge in [-0.25, -0.2) is 0 Å². The monoisotopic (exact) mass is 222 g/mol. The number of ether oxygens (including phenoxy) is 1. The first-order valence-electron chi connectivity index (χ1n) is 5.77. The summed E-state index contributed by atoms with van der Waals surface area (Å²) in [4.78, 5) is 12.3. The summed E-state index contributed by atoms with van der Waals surface area (Å²) in [7, 11) is 1.64. The van der Waals surface area contributed by atoms with Crippen LogP contribution >= 0.6 is 0 Å². The summed E-state index contributed by atoms with van der Waals surface area (Å²) in [5.41, 5.74) is -0.503. The van der Waals surface area contributed by atoms with E-state index in [0.717, 1.165) is 6.42 Å². The van der Waals surface area contributed by atoms with Crippen LogP contribution in [0.1, 0.15) is 33.6 Å². The van der Waals surface area contributed by atoms with E-state index in [1.807, 2.05) is 24.3 Å². The number of allylic oxidation sites excluding steroid dienone is 2. The van der Waals surface area contributed by atoms with Gasteiger partial charge in [0.05, 0.1) is 12.0 Å². The smallest absolute Gasteiger partial charge is 0.149 e. The van der Waals surface area contributed by atoms with Crippen molar-refractivity contribution in [1.82, 2.24) is 0 Å². The maximum absolute atomic E-state index is 12.3. The number of hydrogen-bond donors (Lipinski definition) is 0. The lowest BCUT2D eigenvalue weighted by Gasteiger charge is -2.30. The Balaban J connectivity index is 2.85. The molecule has 0 bridgehead atoms. The molecule has 0 unspecified atom stereocenters. The van der Waals surface area contributed by atoms with Crippen molar-refractivity contribution in [1.29, 1.82) is 0 Å². The first kappa shape index (κ1) is 13.2. The molecule has 1 aliphatic rings. The normalized spacial score (nSPS) is 18.8. The molecular formula is C14H22O2. The Morgan fingerprint density at radius 1 is 1.31 bits per heavy atom. The fourth-order valence-electron chi connectivity index (χ4n) is 1.94. The first-order valence-corrected chi connectivity index (χ1v) is 5.77. The van der Waals surface area contributed by atoms with E-state index in [-0.39, 0.29) is 11.2 Å². The zero-order valence-corrected chi connectivity index (χ0v) is 10.7. The molecule has 0 saturated carbocycles. The second-order valence-electron chi connectivity index (χ2n) is 5.67. The van der Waals surface area contributed by atoms with Gasteiger partial charge in [0.1, 0.15) is 5.78 Å². The van der Waals surface area contributed by atoms with Gasteiger partial charge in [-0.3, -0.25) is 4.79 Å². The third-order valence-electron chi connectivity index (χ3n) is 2.70. The van der Waals surface area contributed by atoms with E-state index in [2.05, 4.69) is 20.8 Å². The third kappa shape index (κ3) is 3.31. The van der Waals surface area contributed by atoms with E-state index in [1.54, 1.807) is 7.11 Å². The molecule has 2 nitrogen and oxygen atoms in total. The fraction of sp³-hybridized carbons (Fsp3) is 0.643. The quantitative estimate of drug-likeness (QED) is 0.683. The van der Waals surface area contributed by atoms with Gasteiger partial charge in [-0.1, -0.05) is 45.1 Å². The van der Waals surface area contributed by atoms with Crippen molar-refractivity contribution >= 4 is 5.78 Å². The van der Waals surface area contributed by atoms with E-state index in [9.17, 15) is 4.79 Å². The summed E-state index contributed by atoms with van der Waals surface area (Å²) in [5.74, 6) is 0.244. The minimum atomic E-state index is -0.527. The van der Waals surface area contributed by atoms with Crippen LogP contribution in [0, 0.1) is 10.8 Å². The Bertz CT molecular complexity index is 293. The highest BCUT2D eigenvalue weighted by molar-refractivity contribution is 5.89. The number of methoxy groups -OCH3 is 1.